The van der Waals surface area contributed by atoms with Gasteiger partial charge in [-0.15, -0.1) is 0 Å². The Kier molecular flexibility index (Phi) is 4.15. The molecule has 2 aromatic heterocycles. The molecule has 3 heterocycles. The minimum absolute atomic E-state index is 0.828. The van der Waals surface area contributed by atoms with Gasteiger partial charge in [-0.2, -0.15) is 0 Å². The average molecular weight is 376 g/mol. The number of aromatic amines is 1. The molecule has 23 heavy (non-hydrogen) atoms. The van der Waals surface area contributed by atoms with E-state index in [9.17, 15) is 0 Å². The maximum Gasteiger partial charge on any atom is 0.153 e. The van der Waals surface area contributed by atoms with E-state index in [-0.39, 0.29) is 0 Å². The molecule has 6 nitrogen and oxygen atoms in total. The molecule has 1 aliphatic rings. The van der Waals surface area contributed by atoms with Crippen LogP contribution in [0.25, 0.3) is 21.9 Å². The van der Waals surface area contributed by atoms with Gasteiger partial charge in [0.15, 0.2) is 5.82 Å². The van der Waals surface area contributed by atoms with Crippen LogP contribution in [0.3, 0.4) is 0 Å². The predicted octanol–water partition coefficient (Wildman–Crippen LogP) is 2.62. The quantitative estimate of drug-likeness (QED) is 0.733. The molecule has 1 aromatic carbocycles. The number of fused-ring (bicyclic) bond motifs is 3. The number of nitrogens with zero attached hydrogens (tertiary/aromatic N) is 3. The van der Waals surface area contributed by atoms with E-state index in [2.05, 4.69) is 53.2 Å². The summed E-state index contributed by atoms with van der Waals surface area (Å²) >= 11 is 3.52. The molecule has 4 rings (SSSR count). The van der Waals surface area contributed by atoms with E-state index in [0.29, 0.717) is 0 Å². The van der Waals surface area contributed by atoms with Crippen LogP contribution in [-0.2, 0) is 4.74 Å². The number of rotatable bonds is 4. The van der Waals surface area contributed by atoms with Gasteiger partial charge < -0.3 is 15.0 Å². The molecular formula is C16H18BrN5O. The number of H-pyrrole nitrogens is 1. The summed E-state index contributed by atoms with van der Waals surface area (Å²) in [7, 11) is 0. The van der Waals surface area contributed by atoms with E-state index in [1.54, 1.807) is 6.33 Å². The van der Waals surface area contributed by atoms with Crippen molar-refractivity contribution in [3.63, 3.8) is 0 Å². The van der Waals surface area contributed by atoms with Crippen molar-refractivity contribution in [3.05, 3.63) is 29.0 Å². The van der Waals surface area contributed by atoms with Crippen molar-refractivity contribution in [2.75, 3.05) is 44.7 Å². The number of aromatic nitrogens is 3. The third-order valence-corrected chi connectivity index (χ3v) is 4.66. The summed E-state index contributed by atoms with van der Waals surface area (Å²) in [5.74, 6) is 0.857. The number of ether oxygens (including phenoxy) is 1. The molecule has 0 unspecified atom stereocenters. The van der Waals surface area contributed by atoms with Crippen molar-refractivity contribution in [2.24, 2.45) is 0 Å². The summed E-state index contributed by atoms with van der Waals surface area (Å²) in [6.07, 6.45) is 1.62. The third kappa shape index (κ3) is 3.04. The molecule has 2 N–H and O–H groups in total. The van der Waals surface area contributed by atoms with Gasteiger partial charge in [0, 0.05) is 41.6 Å². The van der Waals surface area contributed by atoms with Crippen molar-refractivity contribution in [1.82, 2.24) is 19.9 Å². The van der Waals surface area contributed by atoms with Crippen LogP contribution >= 0.6 is 15.9 Å². The summed E-state index contributed by atoms with van der Waals surface area (Å²) in [6.45, 7) is 5.50. The van der Waals surface area contributed by atoms with Crippen molar-refractivity contribution >= 4 is 43.7 Å². The van der Waals surface area contributed by atoms with Crippen LogP contribution in [0.1, 0.15) is 0 Å². The predicted molar refractivity (Wildman–Crippen MR) is 94.8 cm³/mol. The maximum atomic E-state index is 5.37. The van der Waals surface area contributed by atoms with Crippen LogP contribution in [0.5, 0.6) is 0 Å². The molecule has 0 atom stereocenters. The summed E-state index contributed by atoms with van der Waals surface area (Å²) < 4.78 is 6.42. The number of hydrogen-bond acceptors (Lipinski definition) is 5. The van der Waals surface area contributed by atoms with E-state index in [4.69, 9.17) is 4.74 Å². The minimum Gasteiger partial charge on any atom is -0.379 e. The number of nitrogens with one attached hydrogen (secondary N) is 2. The molecule has 1 fully saturated rings. The lowest BCUT2D eigenvalue weighted by molar-refractivity contribution is 0.0398. The lowest BCUT2D eigenvalue weighted by atomic mass is 10.2. The van der Waals surface area contributed by atoms with Gasteiger partial charge in [-0.25, -0.2) is 9.97 Å². The summed E-state index contributed by atoms with van der Waals surface area (Å²) in [6, 6.07) is 6.16. The first kappa shape index (κ1) is 14.9. The molecule has 3 aromatic rings. The zero-order valence-corrected chi connectivity index (χ0v) is 14.3. The topological polar surface area (TPSA) is 66.1 Å². The zero-order valence-electron chi connectivity index (χ0n) is 12.7. The normalized spacial score (nSPS) is 16.2. The summed E-state index contributed by atoms with van der Waals surface area (Å²) in [4.78, 5) is 14.7. The number of hydrogen-bond donors (Lipinski definition) is 2. The molecule has 0 bridgehead atoms. The van der Waals surface area contributed by atoms with E-state index in [1.165, 1.54) is 0 Å². The molecule has 0 radical (unpaired) electrons. The van der Waals surface area contributed by atoms with Gasteiger partial charge in [0.25, 0.3) is 0 Å². The number of benzene rings is 1. The molecule has 1 aliphatic heterocycles. The van der Waals surface area contributed by atoms with E-state index < -0.39 is 0 Å². The fourth-order valence-electron chi connectivity index (χ4n) is 2.96. The smallest absolute Gasteiger partial charge is 0.153 e. The maximum absolute atomic E-state index is 5.37. The highest BCUT2D eigenvalue weighted by atomic mass is 79.9. The van der Waals surface area contributed by atoms with E-state index in [1.807, 2.05) is 6.07 Å². The summed E-state index contributed by atoms with van der Waals surface area (Å²) in [5, 5.41) is 4.54. The number of halogens is 1. The molecule has 7 heteroatoms. The van der Waals surface area contributed by atoms with E-state index >= 15 is 0 Å². The van der Waals surface area contributed by atoms with Gasteiger partial charge in [-0.1, -0.05) is 15.9 Å². The van der Waals surface area contributed by atoms with Gasteiger partial charge in [-0.3, -0.25) is 4.90 Å². The third-order valence-electron chi connectivity index (χ3n) is 4.17. The Morgan fingerprint density at radius 2 is 2.13 bits per heavy atom. The molecule has 1 saturated heterocycles. The fourth-order valence-corrected chi connectivity index (χ4v) is 3.32. The second-order valence-corrected chi connectivity index (χ2v) is 6.56. The average Bonchev–Trinajstić information content (AvgIpc) is 2.95. The fraction of sp³-hybridized carbons (Fsp3) is 0.375. The van der Waals surface area contributed by atoms with Crippen LogP contribution in [0.15, 0.2) is 29.0 Å². The second kappa shape index (κ2) is 6.43. The van der Waals surface area contributed by atoms with Gasteiger partial charge in [0.1, 0.15) is 17.4 Å². The standard InChI is InChI=1S/C16H18BrN5O/c17-11-1-2-13-12(9-11)14-15(21-13)16(20-10-19-14)18-3-4-22-5-7-23-8-6-22/h1-2,9-10,21H,3-8H2,(H,18,19,20). The van der Waals surface area contributed by atoms with Crippen LogP contribution in [-0.4, -0.2) is 59.2 Å². The van der Waals surface area contributed by atoms with Gasteiger partial charge >= 0.3 is 0 Å². The Labute approximate surface area is 142 Å². The molecule has 120 valence electrons. The van der Waals surface area contributed by atoms with Crippen molar-refractivity contribution in [1.29, 1.82) is 0 Å². The minimum atomic E-state index is 0.828. The Hall–Kier alpha value is -1.70. The second-order valence-electron chi connectivity index (χ2n) is 5.64. The van der Waals surface area contributed by atoms with Gasteiger partial charge in [-0.05, 0) is 18.2 Å². The lowest BCUT2D eigenvalue weighted by Gasteiger charge is -2.26. The number of anilines is 1. The van der Waals surface area contributed by atoms with Crippen LogP contribution in [0.4, 0.5) is 5.82 Å². The highest BCUT2D eigenvalue weighted by molar-refractivity contribution is 9.10. The molecule has 0 spiro atoms. The molecular weight excluding hydrogens is 358 g/mol. The lowest BCUT2D eigenvalue weighted by Crippen LogP contribution is -2.39. The highest BCUT2D eigenvalue weighted by Crippen LogP contribution is 2.29. The Morgan fingerprint density at radius 3 is 3.00 bits per heavy atom. The first-order valence-electron chi connectivity index (χ1n) is 7.77. The van der Waals surface area contributed by atoms with Crippen LogP contribution < -0.4 is 5.32 Å². The SMILES string of the molecule is Brc1ccc2[nH]c3c(NCCN4CCOCC4)ncnc3c2c1. The Morgan fingerprint density at radius 1 is 1.26 bits per heavy atom. The first-order valence-corrected chi connectivity index (χ1v) is 8.56. The van der Waals surface area contributed by atoms with Crippen LogP contribution in [0.2, 0.25) is 0 Å². The Bertz CT molecular complexity index is 828. The molecule has 0 aliphatic carbocycles. The van der Waals surface area contributed by atoms with E-state index in [0.717, 1.165) is 71.6 Å². The van der Waals surface area contributed by atoms with Crippen LogP contribution in [0, 0.1) is 0 Å². The molecule has 0 amide bonds. The highest BCUT2D eigenvalue weighted by Gasteiger charge is 2.12. The van der Waals surface area contributed by atoms with Crippen molar-refractivity contribution in [3.8, 4) is 0 Å². The molecule has 0 saturated carbocycles. The first-order chi connectivity index (χ1) is 11.3. The summed E-state index contributed by atoms with van der Waals surface area (Å²) in [5.41, 5.74) is 2.98. The largest absolute Gasteiger partial charge is 0.379 e. The zero-order chi connectivity index (χ0) is 15.6. The van der Waals surface area contributed by atoms with Crippen molar-refractivity contribution < 1.29 is 4.74 Å². The van der Waals surface area contributed by atoms with Gasteiger partial charge in [0.05, 0.1) is 13.2 Å². The van der Waals surface area contributed by atoms with Gasteiger partial charge in [0.2, 0.25) is 0 Å². The number of morpholine rings is 1. The van der Waals surface area contributed by atoms with Crippen molar-refractivity contribution in [2.45, 2.75) is 0 Å². The Balaban J connectivity index is 1.56. The monoisotopic (exact) mass is 375 g/mol.